The molecule has 1 aliphatic heterocycles. The summed E-state index contributed by atoms with van der Waals surface area (Å²) in [6, 6.07) is 4.19. The van der Waals surface area contributed by atoms with Crippen LogP contribution in [0.25, 0.3) is 16.6 Å². The first kappa shape index (κ1) is 10.5. The minimum absolute atomic E-state index is 0.971. The number of fused-ring (bicyclic) bond motifs is 1. The van der Waals surface area contributed by atoms with Crippen LogP contribution in [0.5, 0.6) is 0 Å². The maximum atomic E-state index is 4.49. The Morgan fingerprint density at radius 3 is 3.18 bits per heavy atom. The van der Waals surface area contributed by atoms with Crippen LogP contribution in [-0.2, 0) is 6.54 Å². The molecule has 2 aromatic rings. The summed E-state index contributed by atoms with van der Waals surface area (Å²) in [7, 11) is 0. The third-order valence-corrected chi connectivity index (χ3v) is 3.38. The number of pyridine rings is 1. The van der Waals surface area contributed by atoms with Crippen molar-refractivity contribution in [2.24, 2.45) is 0 Å². The molecule has 0 aliphatic carbocycles. The van der Waals surface area contributed by atoms with Crippen LogP contribution in [0.3, 0.4) is 0 Å². The van der Waals surface area contributed by atoms with Gasteiger partial charge < -0.3 is 9.88 Å². The third kappa shape index (κ3) is 1.76. The van der Waals surface area contributed by atoms with E-state index < -0.39 is 0 Å². The molecule has 0 radical (unpaired) electrons. The Kier molecular flexibility index (Phi) is 2.69. The van der Waals surface area contributed by atoms with E-state index in [0.717, 1.165) is 31.7 Å². The van der Waals surface area contributed by atoms with Crippen molar-refractivity contribution >= 4 is 16.6 Å². The molecule has 3 nitrogen and oxygen atoms in total. The quantitative estimate of drug-likeness (QED) is 0.854. The van der Waals surface area contributed by atoms with Gasteiger partial charge in [0.15, 0.2) is 0 Å². The first-order valence-corrected chi connectivity index (χ1v) is 6.24. The highest BCUT2D eigenvalue weighted by Crippen LogP contribution is 2.28. The zero-order valence-electron chi connectivity index (χ0n) is 10.1. The molecule has 3 heterocycles. The van der Waals surface area contributed by atoms with Gasteiger partial charge in [-0.2, -0.15) is 0 Å². The second-order valence-electron chi connectivity index (χ2n) is 4.39. The smallest absolute Gasteiger partial charge is 0.140 e. The maximum absolute atomic E-state index is 4.49. The van der Waals surface area contributed by atoms with Gasteiger partial charge in [0.25, 0.3) is 0 Å². The number of hydrogen-bond acceptors (Lipinski definition) is 2. The lowest BCUT2D eigenvalue weighted by atomic mass is 10.0. The van der Waals surface area contributed by atoms with E-state index in [9.17, 15) is 0 Å². The fraction of sp³-hybridized carbons (Fsp3) is 0.357. The van der Waals surface area contributed by atoms with E-state index in [1.807, 2.05) is 12.3 Å². The van der Waals surface area contributed by atoms with Crippen LogP contribution in [0.4, 0.5) is 0 Å². The van der Waals surface area contributed by atoms with Crippen molar-refractivity contribution in [1.82, 2.24) is 14.9 Å². The van der Waals surface area contributed by atoms with Crippen LogP contribution in [0.2, 0.25) is 0 Å². The standard InChI is InChI=1S/C14H17N3/c1-2-17-10-13(11-5-8-15-9-6-11)12-4-3-7-16-14(12)17/h3-5,7,10,15H,2,6,8-9H2,1H3. The van der Waals surface area contributed by atoms with Crippen molar-refractivity contribution in [1.29, 1.82) is 0 Å². The lowest BCUT2D eigenvalue weighted by molar-refractivity contribution is 0.737. The van der Waals surface area contributed by atoms with E-state index in [1.165, 1.54) is 16.5 Å². The molecule has 0 bridgehead atoms. The molecule has 0 amide bonds. The molecule has 0 atom stereocenters. The monoisotopic (exact) mass is 227 g/mol. The Morgan fingerprint density at radius 2 is 2.41 bits per heavy atom. The number of aryl methyl sites for hydroxylation is 1. The van der Waals surface area contributed by atoms with E-state index in [4.69, 9.17) is 0 Å². The van der Waals surface area contributed by atoms with Gasteiger partial charge in [-0.1, -0.05) is 6.08 Å². The highest BCUT2D eigenvalue weighted by Gasteiger charge is 2.13. The number of rotatable bonds is 2. The molecule has 1 aliphatic rings. The lowest BCUT2D eigenvalue weighted by Gasteiger charge is -2.13. The normalized spacial score (nSPS) is 16.2. The summed E-state index contributed by atoms with van der Waals surface area (Å²) in [5.74, 6) is 0. The van der Waals surface area contributed by atoms with Crippen molar-refractivity contribution in [3.8, 4) is 0 Å². The van der Waals surface area contributed by atoms with Gasteiger partial charge in [0, 0.05) is 36.4 Å². The highest BCUT2D eigenvalue weighted by molar-refractivity contribution is 5.91. The van der Waals surface area contributed by atoms with Gasteiger partial charge in [-0.05, 0) is 37.6 Å². The van der Waals surface area contributed by atoms with Crippen LogP contribution in [0.1, 0.15) is 18.9 Å². The SMILES string of the molecule is CCn1cc(C2=CCNCC2)c2cccnc21. The Bertz CT molecular complexity index is 566. The van der Waals surface area contributed by atoms with Gasteiger partial charge in [-0.3, -0.25) is 0 Å². The van der Waals surface area contributed by atoms with Gasteiger partial charge in [0.1, 0.15) is 5.65 Å². The summed E-state index contributed by atoms with van der Waals surface area (Å²) in [5.41, 5.74) is 3.91. The van der Waals surface area contributed by atoms with E-state index in [-0.39, 0.29) is 0 Å². The van der Waals surface area contributed by atoms with Crippen LogP contribution >= 0.6 is 0 Å². The van der Waals surface area contributed by atoms with Crippen LogP contribution in [0.15, 0.2) is 30.6 Å². The molecule has 0 saturated heterocycles. The molecule has 1 N–H and O–H groups in total. The lowest BCUT2D eigenvalue weighted by Crippen LogP contribution is -2.19. The van der Waals surface area contributed by atoms with Crippen LogP contribution in [0, 0.1) is 0 Å². The molecule has 17 heavy (non-hydrogen) atoms. The Balaban J connectivity index is 2.19. The number of aromatic nitrogens is 2. The van der Waals surface area contributed by atoms with E-state index >= 15 is 0 Å². The van der Waals surface area contributed by atoms with Crippen molar-refractivity contribution < 1.29 is 0 Å². The molecule has 2 aromatic heterocycles. The summed E-state index contributed by atoms with van der Waals surface area (Å²) in [5, 5.41) is 4.63. The summed E-state index contributed by atoms with van der Waals surface area (Å²) in [6.45, 7) is 5.19. The second kappa shape index (κ2) is 4.34. The van der Waals surface area contributed by atoms with Crippen molar-refractivity contribution in [2.45, 2.75) is 19.9 Å². The topological polar surface area (TPSA) is 29.9 Å². The molecule has 0 spiro atoms. The molecule has 0 unspecified atom stereocenters. The molecule has 88 valence electrons. The van der Waals surface area contributed by atoms with E-state index in [2.05, 4.69) is 40.1 Å². The third-order valence-electron chi connectivity index (χ3n) is 3.38. The van der Waals surface area contributed by atoms with Gasteiger partial charge in [0.2, 0.25) is 0 Å². The Labute approximate surface area is 101 Å². The molecule has 0 fully saturated rings. The van der Waals surface area contributed by atoms with Crippen molar-refractivity contribution in [3.63, 3.8) is 0 Å². The first-order valence-electron chi connectivity index (χ1n) is 6.24. The van der Waals surface area contributed by atoms with Gasteiger partial charge in [-0.25, -0.2) is 4.98 Å². The van der Waals surface area contributed by atoms with E-state index in [1.54, 1.807) is 0 Å². The molecule has 3 rings (SSSR count). The zero-order chi connectivity index (χ0) is 11.7. The van der Waals surface area contributed by atoms with Gasteiger partial charge in [-0.15, -0.1) is 0 Å². The number of hydrogen-bond donors (Lipinski definition) is 1. The fourth-order valence-electron chi connectivity index (χ4n) is 2.49. The van der Waals surface area contributed by atoms with Gasteiger partial charge in [0.05, 0.1) is 0 Å². The molecule has 0 aromatic carbocycles. The Hall–Kier alpha value is -1.61. The predicted octanol–water partition coefficient (Wildman–Crippen LogP) is 2.43. The summed E-state index contributed by atoms with van der Waals surface area (Å²) in [4.78, 5) is 4.49. The second-order valence-corrected chi connectivity index (χ2v) is 4.39. The zero-order valence-corrected chi connectivity index (χ0v) is 10.1. The number of nitrogens with one attached hydrogen (secondary N) is 1. The van der Waals surface area contributed by atoms with Crippen molar-refractivity contribution in [2.75, 3.05) is 13.1 Å². The van der Waals surface area contributed by atoms with Crippen LogP contribution in [-0.4, -0.2) is 22.6 Å². The predicted molar refractivity (Wildman–Crippen MR) is 70.9 cm³/mol. The van der Waals surface area contributed by atoms with Gasteiger partial charge >= 0.3 is 0 Å². The van der Waals surface area contributed by atoms with Crippen molar-refractivity contribution in [3.05, 3.63) is 36.2 Å². The Morgan fingerprint density at radius 1 is 1.47 bits per heavy atom. The number of nitrogens with zero attached hydrogens (tertiary/aromatic N) is 2. The molecular formula is C14H17N3. The fourth-order valence-corrected chi connectivity index (χ4v) is 2.49. The first-order chi connectivity index (χ1) is 8.40. The minimum Gasteiger partial charge on any atom is -0.332 e. The molecule has 0 saturated carbocycles. The minimum atomic E-state index is 0.971. The molecule has 3 heteroatoms. The average molecular weight is 227 g/mol. The van der Waals surface area contributed by atoms with E-state index in [0.29, 0.717) is 0 Å². The average Bonchev–Trinajstić information content (AvgIpc) is 2.78. The van der Waals surface area contributed by atoms with Crippen LogP contribution < -0.4 is 5.32 Å². The summed E-state index contributed by atoms with van der Waals surface area (Å²) >= 11 is 0. The molecular weight excluding hydrogens is 210 g/mol. The summed E-state index contributed by atoms with van der Waals surface area (Å²) < 4.78 is 2.23. The largest absolute Gasteiger partial charge is 0.332 e. The summed E-state index contributed by atoms with van der Waals surface area (Å²) in [6.07, 6.45) is 7.52. The highest BCUT2D eigenvalue weighted by atomic mass is 15.0. The maximum Gasteiger partial charge on any atom is 0.140 e.